The zero-order valence-corrected chi connectivity index (χ0v) is 10.5. The van der Waals surface area contributed by atoms with Gasteiger partial charge in [0.15, 0.2) is 5.15 Å². The minimum absolute atomic E-state index is 0.0274. The zero-order chi connectivity index (χ0) is 12.4. The first-order valence-corrected chi connectivity index (χ1v) is 6.07. The first-order valence-electron chi connectivity index (χ1n) is 5.69. The highest BCUT2D eigenvalue weighted by atomic mass is 35.5. The molecule has 0 aliphatic heterocycles. The number of methoxy groups -OCH3 is 1. The summed E-state index contributed by atoms with van der Waals surface area (Å²) in [4.78, 5) is 11.4. The number of nitrogens with two attached hydrogens (primary N) is 1. The number of aromatic nitrogens is 2. The van der Waals surface area contributed by atoms with E-state index >= 15 is 0 Å². The predicted octanol–water partition coefficient (Wildman–Crippen LogP) is 2.02. The van der Waals surface area contributed by atoms with Crippen LogP contribution in [0.15, 0.2) is 6.20 Å². The third-order valence-electron chi connectivity index (χ3n) is 3.32. The molecule has 0 bridgehead atoms. The quantitative estimate of drug-likeness (QED) is 0.823. The number of carbonyl (C=O) groups excluding carboxylic acids is 1. The van der Waals surface area contributed by atoms with Crippen molar-refractivity contribution in [3.8, 4) is 0 Å². The smallest absolute Gasteiger partial charge is 0.308 e. The molecule has 0 spiro atoms. The fourth-order valence-electron chi connectivity index (χ4n) is 2.31. The van der Waals surface area contributed by atoms with E-state index in [0.717, 1.165) is 25.7 Å². The van der Waals surface area contributed by atoms with Gasteiger partial charge in [0, 0.05) is 6.20 Å². The summed E-state index contributed by atoms with van der Waals surface area (Å²) in [5.74, 6) is -0.0823. The molecule has 5 nitrogen and oxygen atoms in total. The number of anilines is 1. The van der Waals surface area contributed by atoms with Crippen molar-refractivity contribution in [1.29, 1.82) is 0 Å². The summed E-state index contributed by atoms with van der Waals surface area (Å²) in [5, 5.41) is 4.51. The lowest BCUT2D eigenvalue weighted by Crippen LogP contribution is -2.24. The van der Waals surface area contributed by atoms with Crippen LogP contribution >= 0.6 is 11.6 Å². The molecular weight excluding hydrogens is 242 g/mol. The molecule has 0 radical (unpaired) electrons. The van der Waals surface area contributed by atoms with Crippen LogP contribution in [0.5, 0.6) is 0 Å². The Labute approximate surface area is 105 Å². The summed E-state index contributed by atoms with van der Waals surface area (Å²) in [6, 6.07) is 0.283. The van der Waals surface area contributed by atoms with E-state index in [9.17, 15) is 4.79 Å². The number of hydrogen-bond acceptors (Lipinski definition) is 4. The Morgan fingerprint density at radius 1 is 1.53 bits per heavy atom. The van der Waals surface area contributed by atoms with Crippen molar-refractivity contribution in [3.05, 3.63) is 11.3 Å². The Hall–Kier alpha value is -1.23. The van der Waals surface area contributed by atoms with Crippen molar-refractivity contribution in [3.63, 3.8) is 0 Å². The highest BCUT2D eigenvalue weighted by Crippen LogP contribution is 2.33. The SMILES string of the molecule is COC(=O)C1CCC(n2cc(N)c(Cl)n2)CC1. The van der Waals surface area contributed by atoms with Crippen LogP contribution in [0, 0.1) is 5.92 Å². The Morgan fingerprint density at radius 3 is 2.65 bits per heavy atom. The van der Waals surface area contributed by atoms with Gasteiger partial charge in [-0.25, -0.2) is 0 Å². The van der Waals surface area contributed by atoms with Gasteiger partial charge in [-0.3, -0.25) is 9.48 Å². The summed E-state index contributed by atoms with van der Waals surface area (Å²) >= 11 is 5.82. The average Bonchev–Trinajstić information content (AvgIpc) is 2.69. The summed E-state index contributed by atoms with van der Waals surface area (Å²) in [5.41, 5.74) is 6.16. The number of hydrogen-bond donors (Lipinski definition) is 1. The van der Waals surface area contributed by atoms with Gasteiger partial charge in [-0.15, -0.1) is 0 Å². The molecule has 2 N–H and O–H groups in total. The van der Waals surface area contributed by atoms with Crippen molar-refractivity contribution in [1.82, 2.24) is 9.78 Å². The van der Waals surface area contributed by atoms with Crippen LogP contribution in [0.4, 0.5) is 5.69 Å². The summed E-state index contributed by atoms with van der Waals surface area (Å²) in [6.07, 6.45) is 5.21. The minimum atomic E-state index is -0.110. The van der Waals surface area contributed by atoms with E-state index < -0.39 is 0 Å². The Balaban J connectivity index is 1.97. The van der Waals surface area contributed by atoms with E-state index in [0.29, 0.717) is 10.8 Å². The molecule has 1 aromatic rings. The molecule has 2 rings (SSSR count). The molecule has 0 unspecified atom stereocenters. The van der Waals surface area contributed by atoms with E-state index in [4.69, 9.17) is 22.1 Å². The van der Waals surface area contributed by atoms with Gasteiger partial charge in [0.2, 0.25) is 0 Å². The Kier molecular flexibility index (Phi) is 3.57. The van der Waals surface area contributed by atoms with Crippen LogP contribution in [-0.4, -0.2) is 22.9 Å². The monoisotopic (exact) mass is 257 g/mol. The first-order chi connectivity index (χ1) is 8.11. The standard InChI is InChI=1S/C11H16ClN3O2/c1-17-11(16)7-2-4-8(5-3-7)15-6-9(13)10(12)14-15/h6-8H,2-5,13H2,1H3. The number of nitrogen functional groups attached to an aromatic ring is 1. The molecule has 94 valence electrons. The lowest BCUT2D eigenvalue weighted by Gasteiger charge is -2.26. The molecule has 1 aliphatic rings. The van der Waals surface area contributed by atoms with Gasteiger partial charge in [-0.2, -0.15) is 5.10 Å². The molecule has 0 aromatic carbocycles. The molecule has 17 heavy (non-hydrogen) atoms. The maximum absolute atomic E-state index is 11.4. The van der Waals surface area contributed by atoms with Crippen LogP contribution in [0.3, 0.4) is 0 Å². The summed E-state index contributed by atoms with van der Waals surface area (Å²) in [7, 11) is 1.43. The molecule has 1 fully saturated rings. The van der Waals surface area contributed by atoms with Crippen LogP contribution in [-0.2, 0) is 9.53 Å². The summed E-state index contributed by atoms with van der Waals surface area (Å²) < 4.78 is 6.56. The second-order valence-corrected chi connectivity index (χ2v) is 4.74. The number of carbonyl (C=O) groups is 1. The van der Waals surface area contributed by atoms with Gasteiger partial charge in [0.05, 0.1) is 24.8 Å². The molecule has 0 saturated heterocycles. The second-order valence-electron chi connectivity index (χ2n) is 4.38. The van der Waals surface area contributed by atoms with Gasteiger partial charge < -0.3 is 10.5 Å². The van der Waals surface area contributed by atoms with Crippen molar-refractivity contribution < 1.29 is 9.53 Å². The molecule has 0 amide bonds. The molecular formula is C11H16ClN3O2. The maximum atomic E-state index is 11.4. The summed E-state index contributed by atoms with van der Waals surface area (Å²) in [6.45, 7) is 0. The fraction of sp³-hybridized carbons (Fsp3) is 0.636. The van der Waals surface area contributed by atoms with Crippen LogP contribution < -0.4 is 5.73 Å². The fourth-order valence-corrected chi connectivity index (χ4v) is 2.45. The van der Waals surface area contributed by atoms with Crippen molar-refractivity contribution in [2.45, 2.75) is 31.7 Å². The molecule has 1 aliphatic carbocycles. The highest BCUT2D eigenvalue weighted by molar-refractivity contribution is 6.31. The highest BCUT2D eigenvalue weighted by Gasteiger charge is 2.28. The van der Waals surface area contributed by atoms with Gasteiger partial charge in [-0.1, -0.05) is 11.6 Å². The third kappa shape index (κ3) is 2.54. The van der Waals surface area contributed by atoms with E-state index in [1.165, 1.54) is 7.11 Å². The number of nitrogens with zero attached hydrogens (tertiary/aromatic N) is 2. The van der Waals surface area contributed by atoms with E-state index in [1.807, 2.05) is 4.68 Å². The Morgan fingerprint density at radius 2 is 2.18 bits per heavy atom. The number of ether oxygens (including phenoxy) is 1. The van der Waals surface area contributed by atoms with Gasteiger partial charge in [-0.05, 0) is 25.7 Å². The van der Waals surface area contributed by atoms with E-state index in [-0.39, 0.29) is 17.9 Å². The Bertz CT molecular complexity index is 391. The third-order valence-corrected chi connectivity index (χ3v) is 3.61. The molecule has 1 saturated carbocycles. The van der Waals surface area contributed by atoms with Crippen LogP contribution in [0.1, 0.15) is 31.7 Å². The van der Waals surface area contributed by atoms with Crippen molar-refractivity contribution >= 4 is 23.3 Å². The van der Waals surface area contributed by atoms with Crippen LogP contribution in [0.25, 0.3) is 0 Å². The van der Waals surface area contributed by atoms with Gasteiger partial charge in [0.1, 0.15) is 0 Å². The molecule has 0 atom stereocenters. The van der Waals surface area contributed by atoms with E-state index in [1.54, 1.807) is 6.20 Å². The molecule has 6 heteroatoms. The van der Waals surface area contributed by atoms with Crippen molar-refractivity contribution in [2.24, 2.45) is 5.92 Å². The molecule has 1 aromatic heterocycles. The predicted molar refractivity (Wildman–Crippen MR) is 64.7 cm³/mol. The lowest BCUT2D eigenvalue weighted by molar-refractivity contribution is -0.146. The first kappa shape index (κ1) is 12.2. The zero-order valence-electron chi connectivity index (χ0n) is 9.73. The van der Waals surface area contributed by atoms with Gasteiger partial charge >= 0.3 is 5.97 Å². The van der Waals surface area contributed by atoms with E-state index in [2.05, 4.69) is 5.10 Å². The lowest BCUT2D eigenvalue weighted by atomic mass is 9.86. The minimum Gasteiger partial charge on any atom is -0.469 e. The second kappa shape index (κ2) is 4.96. The van der Waals surface area contributed by atoms with Crippen LogP contribution in [0.2, 0.25) is 5.15 Å². The maximum Gasteiger partial charge on any atom is 0.308 e. The molecule has 1 heterocycles. The number of rotatable bonds is 2. The van der Waals surface area contributed by atoms with Gasteiger partial charge in [0.25, 0.3) is 0 Å². The normalized spacial score (nSPS) is 24.6. The van der Waals surface area contributed by atoms with Crippen molar-refractivity contribution in [2.75, 3.05) is 12.8 Å². The topological polar surface area (TPSA) is 70.1 Å². The number of esters is 1. The average molecular weight is 258 g/mol. The largest absolute Gasteiger partial charge is 0.469 e. The number of halogens is 1.